The Morgan fingerprint density at radius 2 is 2.40 bits per heavy atom. The number of pyridine rings is 1. The molecule has 0 spiro atoms. The summed E-state index contributed by atoms with van der Waals surface area (Å²) < 4.78 is 4.77. The van der Waals surface area contributed by atoms with Crippen LogP contribution in [0.3, 0.4) is 0 Å². The number of aromatic nitrogens is 1. The van der Waals surface area contributed by atoms with Gasteiger partial charge in [-0.05, 0) is 18.6 Å². The summed E-state index contributed by atoms with van der Waals surface area (Å²) in [7, 11) is 0. The van der Waals surface area contributed by atoms with E-state index < -0.39 is 0 Å². The van der Waals surface area contributed by atoms with E-state index in [-0.39, 0.29) is 23.8 Å². The summed E-state index contributed by atoms with van der Waals surface area (Å²) in [4.78, 5) is 25.4. The number of nitrogens with two attached hydrogens (primary N) is 1. The first-order valence-electron chi connectivity index (χ1n) is 4.52. The van der Waals surface area contributed by atoms with Crippen LogP contribution in [0.4, 0.5) is 5.69 Å². The lowest BCUT2D eigenvalue weighted by Crippen LogP contribution is -2.08. The lowest BCUT2D eigenvalue weighted by Gasteiger charge is -2.03. The van der Waals surface area contributed by atoms with Crippen molar-refractivity contribution in [2.45, 2.75) is 13.3 Å². The normalized spacial score (nSPS) is 9.67. The van der Waals surface area contributed by atoms with Crippen LogP contribution in [-0.4, -0.2) is 23.8 Å². The number of hydrogen-bond donors (Lipinski definition) is 1. The molecule has 0 atom stereocenters. The average molecular weight is 208 g/mol. The van der Waals surface area contributed by atoms with Crippen molar-refractivity contribution in [1.29, 1.82) is 0 Å². The maximum absolute atomic E-state index is 11.1. The van der Waals surface area contributed by atoms with E-state index in [0.29, 0.717) is 18.5 Å². The molecule has 0 aliphatic heterocycles. The molecule has 5 nitrogen and oxygen atoms in total. The van der Waals surface area contributed by atoms with E-state index in [1.54, 1.807) is 13.0 Å². The highest BCUT2D eigenvalue weighted by molar-refractivity contribution is 5.81. The molecule has 5 heteroatoms. The smallest absolute Gasteiger partial charge is 0.310 e. The zero-order chi connectivity index (χ0) is 11.3. The standard InChI is InChI=1S/C10H12N2O3/c1-2-15-10(14)4-7-3-8(11)9(6-13)12-5-7/h3,5-6H,2,4,11H2,1H3. The Hall–Kier alpha value is -1.91. The molecular weight excluding hydrogens is 196 g/mol. The van der Waals surface area contributed by atoms with Crippen LogP contribution in [0, 0.1) is 0 Å². The highest BCUT2D eigenvalue weighted by Crippen LogP contribution is 2.10. The first-order chi connectivity index (χ1) is 7.17. The van der Waals surface area contributed by atoms with Gasteiger partial charge in [0.15, 0.2) is 6.29 Å². The molecule has 0 saturated carbocycles. The van der Waals surface area contributed by atoms with Crippen molar-refractivity contribution in [2.24, 2.45) is 0 Å². The Morgan fingerprint density at radius 3 is 2.93 bits per heavy atom. The number of rotatable bonds is 4. The summed E-state index contributed by atoms with van der Waals surface area (Å²) in [6.07, 6.45) is 2.13. The fraction of sp³-hybridized carbons (Fsp3) is 0.300. The van der Waals surface area contributed by atoms with Gasteiger partial charge in [-0.2, -0.15) is 0 Å². The quantitative estimate of drug-likeness (QED) is 0.578. The van der Waals surface area contributed by atoms with Gasteiger partial charge in [0, 0.05) is 6.20 Å². The summed E-state index contributed by atoms with van der Waals surface area (Å²) in [6, 6.07) is 1.55. The van der Waals surface area contributed by atoms with Gasteiger partial charge in [0.25, 0.3) is 0 Å². The molecule has 0 unspecified atom stereocenters. The second-order valence-electron chi connectivity index (χ2n) is 2.92. The van der Waals surface area contributed by atoms with E-state index in [9.17, 15) is 9.59 Å². The predicted molar refractivity (Wildman–Crippen MR) is 54.4 cm³/mol. The van der Waals surface area contributed by atoms with Gasteiger partial charge in [-0.3, -0.25) is 14.6 Å². The number of carbonyl (C=O) groups is 2. The minimum atomic E-state index is -0.336. The van der Waals surface area contributed by atoms with Gasteiger partial charge < -0.3 is 10.5 Å². The van der Waals surface area contributed by atoms with Gasteiger partial charge in [0.2, 0.25) is 0 Å². The van der Waals surface area contributed by atoms with Crippen LogP contribution in [-0.2, 0) is 16.0 Å². The lowest BCUT2D eigenvalue weighted by atomic mass is 10.2. The molecule has 0 bridgehead atoms. The van der Waals surface area contributed by atoms with Gasteiger partial charge in [0.1, 0.15) is 5.69 Å². The molecule has 0 aliphatic rings. The molecule has 1 rings (SSSR count). The van der Waals surface area contributed by atoms with Crippen molar-refractivity contribution < 1.29 is 14.3 Å². The number of hydrogen-bond acceptors (Lipinski definition) is 5. The molecule has 1 aromatic rings. The van der Waals surface area contributed by atoms with E-state index in [0.717, 1.165) is 0 Å². The fourth-order valence-corrected chi connectivity index (χ4v) is 1.11. The number of nitrogen functional groups attached to an aromatic ring is 1. The van der Waals surface area contributed by atoms with Crippen LogP contribution in [0.2, 0.25) is 0 Å². The van der Waals surface area contributed by atoms with E-state index in [1.165, 1.54) is 6.20 Å². The SMILES string of the molecule is CCOC(=O)Cc1cnc(C=O)c(N)c1. The first-order valence-corrected chi connectivity index (χ1v) is 4.52. The van der Waals surface area contributed by atoms with Gasteiger partial charge in [0.05, 0.1) is 18.7 Å². The summed E-state index contributed by atoms with van der Waals surface area (Å²) in [6.45, 7) is 2.08. The molecule has 0 fully saturated rings. The second-order valence-corrected chi connectivity index (χ2v) is 2.92. The Labute approximate surface area is 87.3 Å². The molecule has 0 saturated heterocycles. The molecule has 0 aliphatic carbocycles. The average Bonchev–Trinajstić information content (AvgIpc) is 2.18. The highest BCUT2D eigenvalue weighted by atomic mass is 16.5. The van der Waals surface area contributed by atoms with Gasteiger partial charge in [-0.25, -0.2) is 0 Å². The minimum Gasteiger partial charge on any atom is -0.466 e. The van der Waals surface area contributed by atoms with Crippen molar-refractivity contribution in [2.75, 3.05) is 12.3 Å². The van der Waals surface area contributed by atoms with Crippen LogP contribution < -0.4 is 5.73 Å². The zero-order valence-electron chi connectivity index (χ0n) is 8.40. The Kier molecular flexibility index (Phi) is 3.79. The zero-order valence-corrected chi connectivity index (χ0v) is 8.40. The van der Waals surface area contributed by atoms with Crippen LogP contribution in [0.15, 0.2) is 12.3 Å². The third kappa shape index (κ3) is 3.05. The van der Waals surface area contributed by atoms with Crippen LogP contribution in [0.5, 0.6) is 0 Å². The van der Waals surface area contributed by atoms with Crippen molar-refractivity contribution >= 4 is 17.9 Å². The third-order valence-corrected chi connectivity index (χ3v) is 1.77. The van der Waals surface area contributed by atoms with E-state index in [4.69, 9.17) is 10.5 Å². The molecule has 0 radical (unpaired) electrons. The molecule has 0 amide bonds. The molecule has 15 heavy (non-hydrogen) atoms. The van der Waals surface area contributed by atoms with Gasteiger partial charge >= 0.3 is 5.97 Å². The maximum atomic E-state index is 11.1. The van der Waals surface area contributed by atoms with Crippen molar-refractivity contribution in [3.05, 3.63) is 23.5 Å². The van der Waals surface area contributed by atoms with Gasteiger partial charge in [-0.1, -0.05) is 0 Å². The topological polar surface area (TPSA) is 82.3 Å². The van der Waals surface area contributed by atoms with Crippen LogP contribution in [0.1, 0.15) is 23.0 Å². The van der Waals surface area contributed by atoms with E-state index in [2.05, 4.69) is 4.98 Å². The number of carbonyl (C=O) groups excluding carboxylic acids is 2. The van der Waals surface area contributed by atoms with Crippen LogP contribution >= 0.6 is 0 Å². The Morgan fingerprint density at radius 1 is 1.67 bits per heavy atom. The highest BCUT2D eigenvalue weighted by Gasteiger charge is 2.06. The first kappa shape index (κ1) is 11.2. The van der Waals surface area contributed by atoms with Crippen LogP contribution in [0.25, 0.3) is 0 Å². The molecular formula is C10H12N2O3. The summed E-state index contributed by atoms with van der Waals surface area (Å²) in [5.74, 6) is -0.336. The largest absolute Gasteiger partial charge is 0.466 e. The Balaban J connectivity index is 2.75. The lowest BCUT2D eigenvalue weighted by molar-refractivity contribution is -0.142. The van der Waals surface area contributed by atoms with E-state index >= 15 is 0 Å². The predicted octanol–water partition coefficient (Wildman–Crippen LogP) is 0.582. The number of esters is 1. The van der Waals surface area contributed by atoms with E-state index in [1.807, 2.05) is 0 Å². The number of ether oxygens (including phenoxy) is 1. The summed E-state index contributed by atoms with van der Waals surface area (Å²) in [5.41, 5.74) is 6.62. The van der Waals surface area contributed by atoms with Crippen molar-refractivity contribution in [3.8, 4) is 0 Å². The molecule has 0 aromatic carbocycles. The van der Waals surface area contributed by atoms with Crippen molar-refractivity contribution in [1.82, 2.24) is 4.98 Å². The Bertz CT molecular complexity index is 377. The molecule has 80 valence electrons. The third-order valence-electron chi connectivity index (χ3n) is 1.77. The second kappa shape index (κ2) is 5.09. The number of nitrogens with zero attached hydrogens (tertiary/aromatic N) is 1. The minimum absolute atomic E-state index is 0.115. The summed E-state index contributed by atoms with van der Waals surface area (Å²) >= 11 is 0. The molecule has 1 heterocycles. The monoisotopic (exact) mass is 208 g/mol. The van der Waals surface area contributed by atoms with Gasteiger partial charge in [-0.15, -0.1) is 0 Å². The fourth-order valence-electron chi connectivity index (χ4n) is 1.11. The summed E-state index contributed by atoms with van der Waals surface area (Å²) in [5, 5.41) is 0. The molecule has 1 aromatic heterocycles. The number of anilines is 1. The number of aldehydes is 1. The van der Waals surface area contributed by atoms with Crippen molar-refractivity contribution in [3.63, 3.8) is 0 Å². The maximum Gasteiger partial charge on any atom is 0.310 e. The molecule has 2 N–H and O–H groups in total.